The van der Waals surface area contributed by atoms with Crippen molar-refractivity contribution in [2.45, 2.75) is 57.5 Å². The lowest BCUT2D eigenvalue weighted by Gasteiger charge is -2.36. The number of nitrogens with zero attached hydrogens (tertiary/aromatic N) is 2. The molecule has 0 unspecified atom stereocenters. The summed E-state index contributed by atoms with van der Waals surface area (Å²) >= 11 is 0. The molecule has 9 nitrogen and oxygen atoms in total. The fraction of sp³-hybridized carbons (Fsp3) is 0.706. The number of carbonyl (C=O) groups is 2. The summed E-state index contributed by atoms with van der Waals surface area (Å²) in [6.07, 6.45) is 4.19. The Morgan fingerprint density at radius 2 is 2.11 bits per heavy atom. The number of ether oxygens (including phenoxy) is 1. The van der Waals surface area contributed by atoms with E-state index in [9.17, 15) is 18.0 Å². The van der Waals surface area contributed by atoms with Crippen LogP contribution in [-0.2, 0) is 19.6 Å². The van der Waals surface area contributed by atoms with Crippen molar-refractivity contribution in [3.05, 3.63) is 11.8 Å². The van der Waals surface area contributed by atoms with Gasteiger partial charge in [0.05, 0.1) is 18.7 Å². The molecular formula is C17H28N4O5S. The van der Waals surface area contributed by atoms with Crippen molar-refractivity contribution in [1.82, 2.24) is 19.8 Å². The third-order valence-corrected chi connectivity index (χ3v) is 6.65. The summed E-state index contributed by atoms with van der Waals surface area (Å²) in [5.41, 5.74) is -0.126. The van der Waals surface area contributed by atoms with Crippen LogP contribution >= 0.6 is 0 Å². The van der Waals surface area contributed by atoms with E-state index >= 15 is 0 Å². The maximum atomic E-state index is 13.1. The standard InChI is InChI=1S/C17H28N4O5S/c1-4-6-9-18-15(22)13-8-7-12(3)21(11-13)27(24,25)16-14(10-19-20-16)17(23)26-5-2/h10,12-13H,4-9,11H2,1-3H3,(H,18,22)(H,19,20)/t12-,13+/m1/s1. The molecule has 1 aromatic rings. The summed E-state index contributed by atoms with van der Waals surface area (Å²) in [7, 11) is -4.02. The number of piperidine rings is 1. The van der Waals surface area contributed by atoms with Crippen molar-refractivity contribution >= 4 is 21.9 Å². The number of rotatable bonds is 8. The molecule has 0 radical (unpaired) electrons. The largest absolute Gasteiger partial charge is 0.462 e. The van der Waals surface area contributed by atoms with E-state index in [1.807, 2.05) is 6.92 Å². The molecule has 2 atom stereocenters. The Labute approximate surface area is 159 Å². The second-order valence-corrected chi connectivity index (χ2v) is 8.50. The molecule has 152 valence electrons. The first-order chi connectivity index (χ1) is 12.8. The van der Waals surface area contributed by atoms with Gasteiger partial charge in [0.15, 0.2) is 5.03 Å². The summed E-state index contributed by atoms with van der Waals surface area (Å²) in [6.45, 7) is 6.26. The Morgan fingerprint density at radius 1 is 1.37 bits per heavy atom. The number of aromatic nitrogens is 2. The average molecular weight is 401 g/mol. The molecule has 1 fully saturated rings. The predicted molar refractivity (Wildman–Crippen MR) is 98.5 cm³/mol. The van der Waals surface area contributed by atoms with Crippen LogP contribution in [0.1, 0.15) is 56.8 Å². The quantitative estimate of drug-likeness (QED) is 0.501. The highest BCUT2D eigenvalue weighted by atomic mass is 32.2. The fourth-order valence-corrected chi connectivity index (χ4v) is 4.87. The maximum absolute atomic E-state index is 13.1. The van der Waals surface area contributed by atoms with Crippen LogP contribution in [0.15, 0.2) is 11.2 Å². The molecule has 1 aliphatic heterocycles. The minimum absolute atomic E-state index is 0.0722. The molecule has 2 heterocycles. The van der Waals surface area contributed by atoms with Crippen molar-refractivity contribution in [3.8, 4) is 0 Å². The van der Waals surface area contributed by atoms with Crippen molar-refractivity contribution in [2.24, 2.45) is 5.92 Å². The summed E-state index contributed by atoms with van der Waals surface area (Å²) in [4.78, 5) is 24.4. The van der Waals surface area contributed by atoms with Gasteiger partial charge in [0.2, 0.25) is 5.91 Å². The van der Waals surface area contributed by atoms with Crippen molar-refractivity contribution < 1.29 is 22.7 Å². The highest BCUT2D eigenvalue weighted by molar-refractivity contribution is 7.89. The number of hydrogen-bond donors (Lipinski definition) is 2. The van der Waals surface area contributed by atoms with E-state index in [0.717, 1.165) is 19.0 Å². The van der Waals surface area contributed by atoms with E-state index in [0.29, 0.717) is 19.4 Å². The molecule has 1 aliphatic rings. The van der Waals surface area contributed by atoms with Crippen LogP contribution in [0, 0.1) is 5.92 Å². The van der Waals surface area contributed by atoms with Gasteiger partial charge in [-0.2, -0.15) is 9.40 Å². The molecule has 2 N–H and O–H groups in total. The van der Waals surface area contributed by atoms with E-state index in [4.69, 9.17) is 4.74 Å². The van der Waals surface area contributed by atoms with Gasteiger partial charge in [-0.05, 0) is 33.1 Å². The number of aromatic amines is 1. The molecule has 0 spiro atoms. The van der Waals surface area contributed by atoms with Gasteiger partial charge in [-0.1, -0.05) is 13.3 Å². The number of esters is 1. The van der Waals surface area contributed by atoms with Gasteiger partial charge >= 0.3 is 5.97 Å². The first kappa shape index (κ1) is 21.4. The van der Waals surface area contributed by atoms with Crippen molar-refractivity contribution in [3.63, 3.8) is 0 Å². The van der Waals surface area contributed by atoms with Crippen molar-refractivity contribution in [2.75, 3.05) is 19.7 Å². The number of H-pyrrole nitrogens is 1. The molecule has 0 aromatic carbocycles. The smallest absolute Gasteiger partial charge is 0.342 e. The average Bonchev–Trinajstić information content (AvgIpc) is 3.13. The lowest BCUT2D eigenvalue weighted by atomic mass is 9.94. The fourth-order valence-electron chi connectivity index (χ4n) is 3.10. The topological polar surface area (TPSA) is 121 Å². The Bertz CT molecular complexity index is 761. The normalized spacial score (nSPS) is 21.0. The second kappa shape index (κ2) is 9.32. The molecular weight excluding hydrogens is 372 g/mol. The summed E-state index contributed by atoms with van der Waals surface area (Å²) in [5, 5.41) is 8.69. The number of hydrogen-bond acceptors (Lipinski definition) is 6. The van der Waals surface area contributed by atoms with Crippen LogP contribution in [0.2, 0.25) is 0 Å². The van der Waals surface area contributed by atoms with Crippen LogP contribution < -0.4 is 5.32 Å². The van der Waals surface area contributed by atoms with Gasteiger partial charge in [0.25, 0.3) is 10.0 Å². The predicted octanol–water partition coefficient (Wildman–Crippen LogP) is 1.29. The number of sulfonamides is 1. The Hall–Kier alpha value is -1.94. The van der Waals surface area contributed by atoms with Crippen LogP contribution in [0.4, 0.5) is 0 Å². The Kier molecular flexibility index (Phi) is 7.37. The highest BCUT2D eigenvalue weighted by Gasteiger charge is 2.40. The number of unbranched alkanes of at least 4 members (excludes halogenated alkanes) is 1. The van der Waals surface area contributed by atoms with E-state index in [1.54, 1.807) is 13.8 Å². The zero-order chi connectivity index (χ0) is 20.0. The molecule has 1 saturated heterocycles. The molecule has 0 aliphatic carbocycles. The summed E-state index contributed by atoms with van der Waals surface area (Å²) < 4.78 is 32.4. The van der Waals surface area contributed by atoms with E-state index in [1.165, 1.54) is 4.31 Å². The highest BCUT2D eigenvalue weighted by Crippen LogP contribution is 2.29. The van der Waals surface area contributed by atoms with Crippen molar-refractivity contribution in [1.29, 1.82) is 0 Å². The van der Waals surface area contributed by atoms with Crippen LogP contribution in [0.3, 0.4) is 0 Å². The van der Waals surface area contributed by atoms with Gasteiger partial charge in [-0.3, -0.25) is 9.89 Å². The van der Waals surface area contributed by atoms with Crippen LogP contribution in [0.25, 0.3) is 0 Å². The number of nitrogens with one attached hydrogen (secondary N) is 2. The Balaban J connectivity index is 2.20. The third kappa shape index (κ3) is 4.86. The minimum Gasteiger partial charge on any atom is -0.462 e. The van der Waals surface area contributed by atoms with Crippen LogP contribution in [-0.4, -0.2) is 60.5 Å². The molecule has 10 heteroatoms. The Morgan fingerprint density at radius 3 is 2.78 bits per heavy atom. The molecule has 0 saturated carbocycles. The monoisotopic (exact) mass is 400 g/mol. The lowest BCUT2D eigenvalue weighted by Crippen LogP contribution is -2.49. The molecule has 1 amide bonds. The molecule has 1 aromatic heterocycles. The molecule has 27 heavy (non-hydrogen) atoms. The van der Waals surface area contributed by atoms with E-state index < -0.39 is 21.9 Å². The van der Waals surface area contributed by atoms with Gasteiger partial charge in [0, 0.05) is 19.1 Å². The zero-order valence-electron chi connectivity index (χ0n) is 16.0. The first-order valence-electron chi connectivity index (χ1n) is 9.32. The maximum Gasteiger partial charge on any atom is 0.342 e. The zero-order valence-corrected chi connectivity index (χ0v) is 16.8. The number of carbonyl (C=O) groups excluding carboxylic acids is 2. The van der Waals surface area contributed by atoms with E-state index in [2.05, 4.69) is 15.5 Å². The van der Waals surface area contributed by atoms with E-state index in [-0.39, 0.29) is 35.7 Å². The summed E-state index contributed by atoms with van der Waals surface area (Å²) in [5.74, 6) is -1.30. The third-order valence-electron chi connectivity index (χ3n) is 4.69. The minimum atomic E-state index is -4.02. The summed E-state index contributed by atoms with van der Waals surface area (Å²) in [6, 6.07) is -0.284. The first-order valence-corrected chi connectivity index (χ1v) is 10.8. The SMILES string of the molecule is CCCCNC(=O)[C@H]1CC[C@@H](C)N(S(=O)(=O)c2[nH]ncc2C(=O)OCC)C1. The van der Waals surface area contributed by atoms with Gasteiger partial charge < -0.3 is 10.1 Å². The molecule has 2 rings (SSSR count). The molecule has 0 bridgehead atoms. The van der Waals surface area contributed by atoms with Crippen LogP contribution in [0.5, 0.6) is 0 Å². The van der Waals surface area contributed by atoms with Gasteiger partial charge in [-0.15, -0.1) is 0 Å². The number of amides is 1. The lowest BCUT2D eigenvalue weighted by molar-refractivity contribution is -0.126. The van der Waals surface area contributed by atoms with Gasteiger partial charge in [-0.25, -0.2) is 13.2 Å². The second-order valence-electron chi connectivity index (χ2n) is 6.68. The van der Waals surface area contributed by atoms with Gasteiger partial charge in [0.1, 0.15) is 5.56 Å².